The van der Waals surface area contributed by atoms with E-state index in [1.54, 1.807) is 14.0 Å². The van der Waals surface area contributed by atoms with E-state index in [9.17, 15) is 4.79 Å². The number of methoxy groups -OCH3 is 1. The lowest BCUT2D eigenvalue weighted by atomic mass is 9.82. The Morgan fingerprint density at radius 3 is 2.58 bits per heavy atom. The molecule has 1 N–H and O–H groups in total. The summed E-state index contributed by atoms with van der Waals surface area (Å²) in [5.74, 6) is 1.19. The number of anilines is 2. The first-order valence-electron chi connectivity index (χ1n) is 8.32. The molecule has 4 nitrogen and oxygen atoms in total. The second-order valence-electron chi connectivity index (χ2n) is 6.40. The van der Waals surface area contributed by atoms with Crippen LogP contribution >= 0.6 is 0 Å². The predicted molar refractivity (Wildman–Crippen MR) is 97.6 cm³/mol. The zero-order chi connectivity index (χ0) is 17.3. The first kappa shape index (κ1) is 16.4. The van der Waals surface area contributed by atoms with Gasteiger partial charge in [0.2, 0.25) is 5.91 Å². The van der Waals surface area contributed by atoms with Gasteiger partial charge in [-0.3, -0.25) is 4.79 Å². The number of benzene rings is 2. The second kappa shape index (κ2) is 6.56. The molecule has 0 bridgehead atoms. The third-order valence-electron chi connectivity index (χ3n) is 4.96. The van der Waals surface area contributed by atoms with Crippen LogP contribution in [0.2, 0.25) is 0 Å². The second-order valence-corrected chi connectivity index (χ2v) is 6.40. The highest BCUT2D eigenvalue weighted by molar-refractivity contribution is 5.94. The molecule has 0 saturated carbocycles. The molecule has 1 aliphatic heterocycles. The van der Waals surface area contributed by atoms with Crippen LogP contribution < -0.4 is 15.0 Å². The van der Waals surface area contributed by atoms with Crippen LogP contribution in [0.5, 0.6) is 5.75 Å². The summed E-state index contributed by atoms with van der Waals surface area (Å²) in [5, 5.41) is 3.63. The zero-order valence-corrected chi connectivity index (χ0v) is 14.6. The lowest BCUT2D eigenvalue weighted by Gasteiger charge is -2.44. The van der Waals surface area contributed by atoms with E-state index < -0.39 is 0 Å². The van der Waals surface area contributed by atoms with Gasteiger partial charge >= 0.3 is 0 Å². The number of nitrogens with one attached hydrogen (secondary N) is 1. The summed E-state index contributed by atoms with van der Waals surface area (Å²) in [6.07, 6.45) is 0. The van der Waals surface area contributed by atoms with Crippen molar-refractivity contribution in [2.24, 2.45) is 5.92 Å². The van der Waals surface area contributed by atoms with Gasteiger partial charge in [-0.15, -0.1) is 0 Å². The molecule has 1 heterocycles. The van der Waals surface area contributed by atoms with Crippen molar-refractivity contribution in [1.82, 2.24) is 0 Å². The number of amides is 1. The normalized spacial score (nSPS) is 22.7. The first-order valence-corrected chi connectivity index (χ1v) is 8.32. The van der Waals surface area contributed by atoms with E-state index in [-0.39, 0.29) is 23.9 Å². The summed E-state index contributed by atoms with van der Waals surface area (Å²) in [4.78, 5) is 14.1. The third-order valence-corrected chi connectivity index (χ3v) is 4.96. The number of carbonyl (C=O) groups is 1. The minimum Gasteiger partial charge on any atom is -0.497 e. The number of nitrogens with zero attached hydrogens (tertiary/aromatic N) is 1. The van der Waals surface area contributed by atoms with E-state index in [0.29, 0.717) is 0 Å². The van der Waals surface area contributed by atoms with Gasteiger partial charge in [-0.05, 0) is 30.7 Å². The maximum Gasteiger partial charge on any atom is 0.224 e. The fourth-order valence-electron chi connectivity index (χ4n) is 3.54. The van der Waals surface area contributed by atoms with Crippen LogP contribution in [0.4, 0.5) is 11.4 Å². The zero-order valence-electron chi connectivity index (χ0n) is 14.6. The van der Waals surface area contributed by atoms with Crippen LogP contribution in [0.25, 0.3) is 0 Å². The molecule has 1 amide bonds. The van der Waals surface area contributed by atoms with E-state index in [2.05, 4.69) is 25.2 Å². The lowest BCUT2D eigenvalue weighted by Crippen LogP contribution is -2.48. The number of rotatable bonds is 3. The van der Waals surface area contributed by atoms with Crippen LogP contribution in [0.3, 0.4) is 0 Å². The molecular weight excluding hydrogens is 300 g/mol. The Balaban J connectivity index is 2.00. The van der Waals surface area contributed by atoms with Gasteiger partial charge in [-0.1, -0.05) is 31.2 Å². The summed E-state index contributed by atoms with van der Waals surface area (Å²) >= 11 is 0. The fourth-order valence-corrected chi connectivity index (χ4v) is 3.54. The van der Waals surface area contributed by atoms with Crippen molar-refractivity contribution in [2.45, 2.75) is 32.9 Å². The average Bonchev–Trinajstić information content (AvgIpc) is 2.59. The molecule has 0 aliphatic carbocycles. The van der Waals surface area contributed by atoms with Crippen molar-refractivity contribution in [1.29, 1.82) is 0 Å². The van der Waals surface area contributed by atoms with E-state index in [1.165, 1.54) is 0 Å². The predicted octanol–water partition coefficient (Wildman–Crippen LogP) is 4.24. The van der Waals surface area contributed by atoms with Crippen LogP contribution in [0.15, 0.2) is 48.5 Å². The van der Waals surface area contributed by atoms with Gasteiger partial charge in [-0.2, -0.15) is 0 Å². The van der Waals surface area contributed by atoms with Gasteiger partial charge in [0.05, 0.1) is 13.2 Å². The van der Waals surface area contributed by atoms with Gasteiger partial charge in [0, 0.05) is 36.3 Å². The minimum atomic E-state index is 0.0848. The average molecular weight is 324 g/mol. The first-order chi connectivity index (χ1) is 11.5. The maximum absolute atomic E-state index is 12.2. The van der Waals surface area contributed by atoms with E-state index >= 15 is 0 Å². The van der Waals surface area contributed by atoms with Gasteiger partial charge in [0.1, 0.15) is 5.75 Å². The molecule has 0 radical (unpaired) electrons. The van der Waals surface area contributed by atoms with Crippen molar-refractivity contribution in [3.63, 3.8) is 0 Å². The summed E-state index contributed by atoms with van der Waals surface area (Å²) < 4.78 is 5.32. The van der Waals surface area contributed by atoms with Crippen molar-refractivity contribution in [3.05, 3.63) is 54.1 Å². The molecule has 1 aliphatic rings. The Morgan fingerprint density at radius 1 is 1.12 bits per heavy atom. The monoisotopic (exact) mass is 324 g/mol. The van der Waals surface area contributed by atoms with Crippen LogP contribution in [0.1, 0.15) is 32.4 Å². The smallest absolute Gasteiger partial charge is 0.224 e. The van der Waals surface area contributed by atoms with Crippen molar-refractivity contribution >= 4 is 17.3 Å². The van der Waals surface area contributed by atoms with Crippen LogP contribution in [0, 0.1) is 5.92 Å². The number of para-hydroxylation sites is 1. The number of hydrogen-bond acceptors (Lipinski definition) is 3. The molecule has 2 aromatic carbocycles. The molecular formula is C20H24N2O2. The van der Waals surface area contributed by atoms with E-state index in [1.807, 2.05) is 47.4 Å². The molecule has 24 heavy (non-hydrogen) atoms. The molecule has 0 spiro atoms. The van der Waals surface area contributed by atoms with Gasteiger partial charge in [0.15, 0.2) is 0 Å². The highest BCUT2D eigenvalue weighted by atomic mass is 16.5. The summed E-state index contributed by atoms with van der Waals surface area (Å²) in [6, 6.07) is 16.4. The Kier molecular flexibility index (Phi) is 4.47. The topological polar surface area (TPSA) is 41.6 Å². The number of carbonyl (C=O) groups excluding carboxylic acids is 1. The van der Waals surface area contributed by atoms with Crippen LogP contribution in [-0.2, 0) is 4.79 Å². The summed E-state index contributed by atoms with van der Waals surface area (Å²) in [6.45, 7) is 5.94. The Labute approximate surface area is 143 Å². The molecule has 0 saturated heterocycles. The summed E-state index contributed by atoms with van der Waals surface area (Å²) in [7, 11) is 1.67. The van der Waals surface area contributed by atoms with Crippen molar-refractivity contribution < 1.29 is 9.53 Å². The minimum absolute atomic E-state index is 0.0848. The molecule has 4 heteroatoms. The fraction of sp³-hybridized carbons (Fsp3) is 0.350. The molecule has 0 aromatic heterocycles. The Bertz CT molecular complexity index is 744. The highest BCUT2D eigenvalue weighted by Gasteiger charge is 2.37. The molecule has 126 valence electrons. The van der Waals surface area contributed by atoms with Crippen LogP contribution in [-0.4, -0.2) is 19.1 Å². The largest absolute Gasteiger partial charge is 0.497 e. The molecule has 0 fully saturated rings. The molecule has 3 rings (SSSR count). The maximum atomic E-state index is 12.2. The SMILES string of the molecule is COc1cccc(N[C@H]2c3ccccc3N(C(C)=O)[C@@H](C)[C@@H]2C)c1. The van der Waals surface area contributed by atoms with E-state index in [0.717, 1.165) is 22.7 Å². The number of hydrogen-bond donors (Lipinski definition) is 1. The quantitative estimate of drug-likeness (QED) is 0.918. The standard InChI is InChI=1S/C20H24N2O2/c1-13-14(2)22(15(3)23)19-11-6-5-10-18(19)20(13)21-16-8-7-9-17(12-16)24-4/h5-14,20-21H,1-4H3/t13-,14-,20+/m0/s1. The third kappa shape index (κ3) is 2.84. The van der Waals surface area contributed by atoms with Crippen molar-refractivity contribution in [3.8, 4) is 5.75 Å². The van der Waals surface area contributed by atoms with Gasteiger partial charge in [0.25, 0.3) is 0 Å². The molecule has 0 unspecified atom stereocenters. The highest BCUT2D eigenvalue weighted by Crippen LogP contribution is 2.42. The lowest BCUT2D eigenvalue weighted by molar-refractivity contribution is -0.117. The van der Waals surface area contributed by atoms with Crippen molar-refractivity contribution in [2.75, 3.05) is 17.3 Å². The number of ether oxygens (including phenoxy) is 1. The Morgan fingerprint density at radius 2 is 1.88 bits per heavy atom. The van der Waals surface area contributed by atoms with Gasteiger partial charge in [-0.25, -0.2) is 0 Å². The summed E-state index contributed by atoms with van der Waals surface area (Å²) in [5.41, 5.74) is 3.17. The van der Waals surface area contributed by atoms with E-state index in [4.69, 9.17) is 4.74 Å². The molecule has 2 aromatic rings. The number of fused-ring (bicyclic) bond motifs is 1. The molecule has 3 atom stereocenters. The Hall–Kier alpha value is -2.49. The van der Waals surface area contributed by atoms with Gasteiger partial charge < -0.3 is 15.0 Å².